The van der Waals surface area contributed by atoms with Crippen LogP contribution in [0.15, 0.2) is 103 Å². The molecule has 6 aromatic rings. The Kier molecular flexibility index (Phi) is 6.12. The Hall–Kier alpha value is -5.23. The fourth-order valence-electron chi connectivity index (χ4n) is 7.26. The normalized spacial score (nSPS) is 16.0. The molecule has 0 spiro atoms. The summed E-state index contributed by atoms with van der Waals surface area (Å²) in [5, 5.41) is 13.6. The van der Waals surface area contributed by atoms with Crippen LogP contribution in [-0.2, 0) is 20.0 Å². The smallest absolute Gasteiger partial charge is 0.337 e. The van der Waals surface area contributed by atoms with Crippen molar-refractivity contribution in [1.82, 2.24) is 14.5 Å². The van der Waals surface area contributed by atoms with Gasteiger partial charge in [0.25, 0.3) is 0 Å². The minimum absolute atomic E-state index is 0.198. The van der Waals surface area contributed by atoms with Crippen LogP contribution in [0.3, 0.4) is 0 Å². The highest BCUT2D eigenvalue weighted by Crippen LogP contribution is 2.45. The van der Waals surface area contributed by atoms with Gasteiger partial charge in [-0.15, -0.1) is 0 Å². The van der Waals surface area contributed by atoms with Crippen molar-refractivity contribution in [3.8, 4) is 0 Å². The van der Waals surface area contributed by atoms with E-state index in [1.165, 1.54) is 38.6 Å². The number of anilines is 1. The maximum absolute atomic E-state index is 11.9. The molecule has 0 saturated carbocycles. The molecule has 2 aromatic heterocycles. The number of aromatic nitrogens is 3. The SMILES string of the molecule is CN(Cc1nc2cccc(C(=O)O)c2n1C)c1nc2ccccc2cc1C1C=CC2=C(CCc3c2ccc2ccccc32)C1. The molecule has 0 aliphatic heterocycles. The number of aryl methyl sites for hydroxylation is 2. The minimum atomic E-state index is -0.951. The second kappa shape index (κ2) is 10.2. The van der Waals surface area contributed by atoms with Crippen LogP contribution in [0.4, 0.5) is 5.82 Å². The summed E-state index contributed by atoms with van der Waals surface area (Å²) in [5.41, 5.74) is 9.46. The molecule has 44 heavy (non-hydrogen) atoms. The molecule has 0 fully saturated rings. The Labute approximate surface area is 255 Å². The summed E-state index contributed by atoms with van der Waals surface area (Å²) in [7, 11) is 3.94. The Morgan fingerprint density at radius 2 is 1.73 bits per heavy atom. The topological polar surface area (TPSA) is 71.2 Å². The zero-order chi connectivity index (χ0) is 29.9. The molecule has 0 radical (unpaired) electrons. The number of carbonyl (C=O) groups is 1. The first kappa shape index (κ1) is 26.4. The molecule has 8 rings (SSSR count). The summed E-state index contributed by atoms with van der Waals surface area (Å²) in [5.74, 6) is 0.963. The van der Waals surface area contributed by atoms with Gasteiger partial charge >= 0.3 is 5.97 Å². The first-order chi connectivity index (χ1) is 21.5. The molecule has 1 N–H and O–H groups in total. The molecule has 1 atom stereocenters. The van der Waals surface area contributed by atoms with Crippen molar-refractivity contribution in [2.24, 2.45) is 7.05 Å². The van der Waals surface area contributed by atoms with E-state index in [9.17, 15) is 9.90 Å². The number of imidazole rings is 1. The average Bonchev–Trinajstić information content (AvgIpc) is 3.37. The van der Waals surface area contributed by atoms with Crippen molar-refractivity contribution in [2.45, 2.75) is 31.7 Å². The van der Waals surface area contributed by atoms with Crippen LogP contribution in [0.1, 0.15) is 51.6 Å². The van der Waals surface area contributed by atoms with Gasteiger partial charge in [-0.1, -0.05) is 78.4 Å². The van der Waals surface area contributed by atoms with Crippen LogP contribution in [0.5, 0.6) is 0 Å². The van der Waals surface area contributed by atoms with Gasteiger partial charge in [-0.05, 0) is 71.0 Å². The zero-order valence-electron chi connectivity index (χ0n) is 24.8. The summed E-state index contributed by atoms with van der Waals surface area (Å²) < 4.78 is 1.90. The number of aromatic carboxylic acids is 1. The van der Waals surface area contributed by atoms with E-state index in [0.717, 1.165) is 41.8 Å². The molecule has 216 valence electrons. The average molecular weight is 577 g/mol. The monoisotopic (exact) mass is 576 g/mol. The molecule has 4 aromatic carbocycles. The lowest BCUT2D eigenvalue weighted by molar-refractivity contribution is 0.0698. The van der Waals surface area contributed by atoms with Gasteiger partial charge in [0.05, 0.1) is 28.7 Å². The van der Waals surface area contributed by atoms with E-state index in [4.69, 9.17) is 9.97 Å². The van der Waals surface area contributed by atoms with Gasteiger partial charge in [0.15, 0.2) is 0 Å². The van der Waals surface area contributed by atoms with E-state index in [1.54, 1.807) is 12.1 Å². The third-order valence-corrected chi connectivity index (χ3v) is 9.44. The van der Waals surface area contributed by atoms with E-state index in [-0.39, 0.29) is 11.5 Å². The number of benzene rings is 4. The highest BCUT2D eigenvalue weighted by Gasteiger charge is 2.28. The number of fused-ring (bicyclic) bond motifs is 6. The lowest BCUT2D eigenvalue weighted by Crippen LogP contribution is -2.23. The van der Waals surface area contributed by atoms with Gasteiger partial charge in [0.1, 0.15) is 11.6 Å². The van der Waals surface area contributed by atoms with E-state index < -0.39 is 5.97 Å². The maximum atomic E-state index is 11.9. The molecule has 0 bridgehead atoms. The second-order valence-corrected chi connectivity index (χ2v) is 12.0. The number of nitrogens with zero attached hydrogens (tertiary/aromatic N) is 4. The number of carboxylic acid groups (broad SMARTS) is 1. The van der Waals surface area contributed by atoms with Crippen LogP contribution >= 0.6 is 0 Å². The van der Waals surface area contributed by atoms with E-state index in [1.807, 2.05) is 23.7 Å². The Morgan fingerprint density at radius 3 is 2.59 bits per heavy atom. The standard InChI is InChI=1S/C38H32N4O2/c1-41(22-35-39-34-13-7-11-31(38(43)44)36(34)42(35)2)37-32(21-26-9-4-6-12-33(26)40-37)25-15-17-28-24(20-25)16-19-29-27-10-5-3-8-23(27)14-18-30(28)29/h3-15,17-18,21,25H,16,19-20,22H2,1-2H3,(H,43,44). The quantitative estimate of drug-likeness (QED) is 0.225. The zero-order valence-corrected chi connectivity index (χ0v) is 24.8. The number of hydrogen-bond acceptors (Lipinski definition) is 4. The molecule has 0 amide bonds. The maximum Gasteiger partial charge on any atom is 0.337 e. The predicted octanol–water partition coefficient (Wildman–Crippen LogP) is 8.05. The molecule has 0 saturated heterocycles. The number of allylic oxidation sites excluding steroid dienone is 4. The Balaban J connectivity index is 1.17. The van der Waals surface area contributed by atoms with Crippen molar-refractivity contribution in [3.63, 3.8) is 0 Å². The first-order valence-electron chi connectivity index (χ1n) is 15.2. The summed E-state index contributed by atoms with van der Waals surface area (Å²) in [6.07, 6.45) is 7.79. The first-order valence-corrected chi connectivity index (χ1v) is 15.2. The van der Waals surface area contributed by atoms with Crippen LogP contribution in [0.2, 0.25) is 0 Å². The fraction of sp³-hybridized carbons (Fsp3) is 0.184. The predicted molar refractivity (Wildman–Crippen MR) is 177 cm³/mol. The van der Waals surface area contributed by atoms with Crippen molar-refractivity contribution >= 4 is 50.1 Å². The highest BCUT2D eigenvalue weighted by molar-refractivity contribution is 6.01. The van der Waals surface area contributed by atoms with Crippen molar-refractivity contribution in [3.05, 3.63) is 131 Å². The summed E-state index contributed by atoms with van der Waals surface area (Å²) in [6, 6.07) is 29.1. The summed E-state index contributed by atoms with van der Waals surface area (Å²) >= 11 is 0. The van der Waals surface area contributed by atoms with Crippen LogP contribution < -0.4 is 4.90 Å². The second-order valence-electron chi connectivity index (χ2n) is 12.0. The van der Waals surface area contributed by atoms with E-state index in [2.05, 4.69) is 84.8 Å². The number of hydrogen-bond donors (Lipinski definition) is 1. The molecule has 6 heteroatoms. The third kappa shape index (κ3) is 4.21. The fourth-order valence-corrected chi connectivity index (χ4v) is 7.26. The largest absolute Gasteiger partial charge is 0.478 e. The Bertz CT molecular complexity index is 2210. The third-order valence-electron chi connectivity index (χ3n) is 9.44. The number of para-hydroxylation sites is 2. The molecule has 2 aliphatic carbocycles. The van der Waals surface area contributed by atoms with Crippen LogP contribution in [0, 0.1) is 0 Å². The van der Waals surface area contributed by atoms with Crippen molar-refractivity contribution in [2.75, 3.05) is 11.9 Å². The minimum Gasteiger partial charge on any atom is -0.478 e. The molecule has 2 aliphatic rings. The van der Waals surface area contributed by atoms with Crippen LogP contribution in [-0.4, -0.2) is 32.7 Å². The molecule has 1 unspecified atom stereocenters. The van der Waals surface area contributed by atoms with Crippen molar-refractivity contribution in [1.29, 1.82) is 0 Å². The number of rotatable bonds is 5. The highest BCUT2D eigenvalue weighted by atomic mass is 16.4. The van der Waals surface area contributed by atoms with Gasteiger partial charge in [-0.25, -0.2) is 14.8 Å². The molecular formula is C38H32N4O2. The number of carboxylic acids is 1. The lowest BCUT2D eigenvalue weighted by atomic mass is 9.75. The van der Waals surface area contributed by atoms with Crippen molar-refractivity contribution < 1.29 is 9.90 Å². The van der Waals surface area contributed by atoms with Gasteiger partial charge in [-0.2, -0.15) is 0 Å². The van der Waals surface area contributed by atoms with Crippen LogP contribution in [0.25, 0.3) is 38.3 Å². The number of pyridine rings is 1. The Morgan fingerprint density at radius 1 is 0.932 bits per heavy atom. The van der Waals surface area contributed by atoms with E-state index >= 15 is 0 Å². The van der Waals surface area contributed by atoms with Gasteiger partial charge < -0.3 is 14.6 Å². The summed E-state index contributed by atoms with van der Waals surface area (Å²) in [6.45, 7) is 0.493. The van der Waals surface area contributed by atoms with Gasteiger partial charge in [0, 0.05) is 31.0 Å². The van der Waals surface area contributed by atoms with Gasteiger partial charge in [-0.3, -0.25) is 0 Å². The lowest BCUT2D eigenvalue weighted by Gasteiger charge is -2.31. The summed E-state index contributed by atoms with van der Waals surface area (Å²) in [4.78, 5) is 24.1. The molecular weight excluding hydrogens is 544 g/mol. The van der Waals surface area contributed by atoms with E-state index in [0.29, 0.717) is 17.6 Å². The molecule has 2 heterocycles. The van der Waals surface area contributed by atoms with Gasteiger partial charge in [0.2, 0.25) is 0 Å². The molecule has 6 nitrogen and oxygen atoms in total.